The minimum absolute atomic E-state index is 0.0605. The van der Waals surface area contributed by atoms with Crippen LogP contribution in [0.25, 0.3) is 0 Å². The molecule has 1 aliphatic heterocycles. The van der Waals surface area contributed by atoms with E-state index in [-0.39, 0.29) is 23.6 Å². The number of rotatable bonds is 6. The van der Waals surface area contributed by atoms with Crippen LogP contribution in [0.4, 0.5) is 0 Å². The summed E-state index contributed by atoms with van der Waals surface area (Å²) in [6, 6.07) is 5.34. The summed E-state index contributed by atoms with van der Waals surface area (Å²) in [5.74, 6) is -1.03. The number of fused-ring (bicyclic) bond motifs is 1. The molecule has 1 atom stereocenters. The van der Waals surface area contributed by atoms with Crippen molar-refractivity contribution in [2.45, 2.75) is 26.3 Å². The molecule has 0 amide bonds. The zero-order valence-corrected chi connectivity index (χ0v) is 17.1. The Morgan fingerprint density at radius 3 is 2.79 bits per heavy atom. The number of hydrogen-bond acceptors (Lipinski definition) is 7. The molecule has 0 aliphatic carbocycles. The highest BCUT2D eigenvalue weighted by atomic mass is 16.5. The fraction of sp³-hybridized carbons (Fsp3) is 0.381. The molecule has 0 saturated heterocycles. The second kappa shape index (κ2) is 8.48. The average Bonchev–Trinajstić information content (AvgIpc) is 2.67. The van der Waals surface area contributed by atoms with Gasteiger partial charge in [-0.3, -0.25) is 9.78 Å². The summed E-state index contributed by atoms with van der Waals surface area (Å²) < 4.78 is 12.6. The number of ether oxygens (including phenoxy) is 2. The van der Waals surface area contributed by atoms with Gasteiger partial charge in [-0.2, -0.15) is 0 Å². The summed E-state index contributed by atoms with van der Waals surface area (Å²) in [5.41, 5.74) is 7.80. The molecule has 2 N–H and O–H groups in total. The lowest BCUT2D eigenvalue weighted by Crippen LogP contribution is -2.36. The van der Waals surface area contributed by atoms with Gasteiger partial charge in [0.05, 0.1) is 18.1 Å². The van der Waals surface area contributed by atoms with E-state index in [1.165, 1.54) is 0 Å². The molecule has 8 heteroatoms. The molecule has 1 unspecified atom stereocenters. The number of carbonyl (C=O) groups is 1. The van der Waals surface area contributed by atoms with Crippen LogP contribution >= 0.6 is 0 Å². The van der Waals surface area contributed by atoms with Crippen molar-refractivity contribution >= 4 is 5.97 Å². The van der Waals surface area contributed by atoms with Gasteiger partial charge in [-0.15, -0.1) is 0 Å². The maximum Gasteiger partial charge on any atom is 0.340 e. The van der Waals surface area contributed by atoms with E-state index in [9.17, 15) is 9.59 Å². The first kappa shape index (κ1) is 20.6. The van der Waals surface area contributed by atoms with Gasteiger partial charge in [0.2, 0.25) is 5.88 Å². The molecule has 3 rings (SSSR count). The van der Waals surface area contributed by atoms with Gasteiger partial charge >= 0.3 is 5.97 Å². The van der Waals surface area contributed by atoms with Crippen molar-refractivity contribution in [3.05, 3.63) is 69.2 Å². The van der Waals surface area contributed by atoms with E-state index in [1.807, 2.05) is 32.0 Å². The van der Waals surface area contributed by atoms with E-state index in [4.69, 9.17) is 15.2 Å². The molecule has 0 bridgehead atoms. The fourth-order valence-corrected chi connectivity index (χ4v) is 3.45. The Labute approximate surface area is 169 Å². The van der Waals surface area contributed by atoms with Gasteiger partial charge in [0, 0.05) is 37.2 Å². The van der Waals surface area contributed by atoms with Crippen LogP contribution in [0.3, 0.4) is 0 Å². The molecule has 8 nitrogen and oxygen atoms in total. The molecule has 0 spiro atoms. The predicted molar refractivity (Wildman–Crippen MR) is 109 cm³/mol. The number of aromatic nitrogens is 2. The maximum absolute atomic E-state index is 13.5. The van der Waals surface area contributed by atoms with E-state index in [1.54, 1.807) is 36.0 Å². The van der Waals surface area contributed by atoms with Crippen LogP contribution in [0.1, 0.15) is 29.7 Å². The molecule has 0 aromatic carbocycles. The summed E-state index contributed by atoms with van der Waals surface area (Å²) in [6.07, 6.45) is 3.25. The van der Waals surface area contributed by atoms with Gasteiger partial charge in [0.15, 0.2) is 0 Å². The van der Waals surface area contributed by atoms with Crippen molar-refractivity contribution in [3.63, 3.8) is 0 Å². The molecular formula is C21H26N4O4. The van der Waals surface area contributed by atoms with E-state index < -0.39 is 11.9 Å². The van der Waals surface area contributed by atoms with Crippen LogP contribution in [0.15, 0.2) is 46.8 Å². The second-order valence-corrected chi connectivity index (χ2v) is 7.14. The Kier molecular flexibility index (Phi) is 6.03. The monoisotopic (exact) mass is 398 g/mol. The fourth-order valence-electron chi connectivity index (χ4n) is 3.45. The third-order valence-corrected chi connectivity index (χ3v) is 4.85. The standard InChI is InChI=1S/C21H26N4O4/c1-5-28-21(27)18-16(14-7-6-8-23-12-14)17-15(29-19(18)22)11-13(2)25(20(17)26)10-9-24(3)4/h6-8,11-12,16H,5,9-10,22H2,1-4H3. The topological polar surface area (TPSA) is 99.7 Å². The van der Waals surface area contributed by atoms with E-state index in [0.29, 0.717) is 30.0 Å². The molecular weight excluding hydrogens is 372 g/mol. The number of esters is 1. The highest BCUT2D eigenvalue weighted by Gasteiger charge is 2.38. The lowest BCUT2D eigenvalue weighted by Gasteiger charge is -2.29. The first-order valence-corrected chi connectivity index (χ1v) is 9.48. The maximum atomic E-state index is 13.5. The van der Waals surface area contributed by atoms with Crippen molar-refractivity contribution in [1.82, 2.24) is 14.5 Å². The molecule has 0 radical (unpaired) electrons. The van der Waals surface area contributed by atoms with Gasteiger partial charge in [-0.25, -0.2) is 4.79 Å². The summed E-state index contributed by atoms with van der Waals surface area (Å²) in [4.78, 5) is 32.4. The van der Waals surface area contributed by atoms with Gasteiger partial charge < -0.3 is 24.7 Å². The Bertz CT molecular complexity index is 996. The Balaban J connectivity index is 2.23. The normalized spacial score (nSPS) is 15.8. The lowest BCUT2D eigenvalue weighted by molar-refractivity contribution is -0.139. The number of carbonyl (C=O) groups excluding carboxylic acids is 1. The Morgan fingerprint density at radius 2 is 2.17 bits per heavy atom. The third-order valence-electron chi connectivity index (χ3n) is 4.85. The molecule has 1 aliphatic rings. The highest BCUT2D eigenvalue weighted by Crippen LogP contribution is 2.40. The van der Waals surface area contributed by atoms with E-state index in [2.05, 4.69) is 4.98 Å². The molecule has 29 heavy (non-hydrogen) atoms. The number of pyridine rings is 2. The van der Waals surface area contributed by atoms with Gasteiger partial charge in [-0.1, -0.05) is 6.07 Å². The van der Waals surface area contributed by atoms with Crippen molar-refractivity contribution in [2.75, 3.05) is 27.2 Å². The van der Waals surface area contributed by atoms with Crippen LogP contribution in [-0.4, -0.2) is 47.7 Å². The number of nitrogens with zero attached hydrogens (tertiary/aromatic N) is 3. The zero-order chi connectivity index (χ0) is 21.1. The zero-order valence-electron chi connectivity index (χ0n) is 17.1. The van der Waals surface area contributed by atoms with Gasteiger partial charge in [0.1, 0.15) is 11.3 Å². The minimum Gasteiger partial charge on any atom is -0.462 e. The molecule has 154 valence electrons. The van der Waals surface area contributed by atoms with Gasteiger partial charge in [0.25, 0.3) is 5.56 Å². The number of nitrogens with two attached hydrogens (primary N) is 1. The van der Waals surface area contributed by atoms with Crippen LogP contribution in [0.2, 0.25) is 0 Å². The van der Waals surface area contributed by atoms with Crippen molar-refractivity contribution < 1.29 is 14.3 Å². The van der Waals surface area contributed by atoms with Crippen LogP contribution < -0.4 is 16.0 Å². The summed E-state index contributed by atoms with van der Waals surface area (Å²) in [6.45, 7) is 4.95. The lowest BCUT2D eigenvalue weighted by atomic mass is 9.84. The Hall–Kier alpha value is -3.13. The van der Waals surface area contributed by atoms with E-state index in [0.717, 1.165) is 5.69 Å². The minimum atomic E-state index is -0.717. The number of hydrogen-bond donors (Lipinski definition) is 1. The first-order valence-electron chi connectivity index (χ1n) is 9.48. The van der Waals surface area contributed by atoms with Crippen LogP contribution in [0, 0.1) is 6.92 Å². The van der Waals surface area contributed by atoms with E-state index >= 15 is 0 Å². The summed E-state index contributed by atoms with van der Waals surface area (Å²) in [5, 5.41) is 0. The molecule has 0 fully saturated rings. The first-order chi connectivity index (χ1) is 13.8. The Morgan fingerprint density at radius 1 is 1.41 bits per heavy atom. The molecule has 3 heterocycles. The number of aryl methyl sites for hydroxylation is 1. The SMILES string of the molecule is CCOC(=O)C1=C(N)Oc2cc(C)n(CCN(C)C)c(=O)c2C1c1cccnc1. The van der Waals surface area contributed by atoms with Crippen molar-refractivity contribution in [3.8, 4) is 5.75 Å². The summed E-state index contributed by atoms with van der Waals surface area (Å²) >= 11 is 0. The van der Waals surface area contributed by atoms with Crippen LogP contribution in [-0.2, 0) is 16.1 Å². The largest absolute Gasteiger partial charge is 0.462 e. The molecule has 2 aromatic rings. The summed E-state index contributed by atoms with van der Waals surface area (Å²) in [7, 11) is 3.89. The predicted octanol–water partition coefficient (Wildman–Crippen LogP) is 1.37. The smallest absolute Gasteiger partial charge is 0.340 e. The van der Waals surface area contributed by atoms with Crippen molar-refractivity contribution in [2.24, 2.45) is 5.73 Å². The third kappa shape index (κ3) is 4.02. The van der Waals surface area contributed by atoms with Gasteiger partial charge in [-0.05, 0) is 39.6 Å². The second-order valence-electron chi connectivity index (χ2n) is 7.14. The van der Waals surface area contributed by atoms with Crippen molar-refractivity contribution in [1.29, 1.82) is 0 Å². The molecule has 2 aromatic heterocycles. The highest BCUT2D eigenvalue weighted by molar-refractivity contribution is 5.92. The molecule has 0 saturated carbocycles. The quantitative estimate of drug-likeness (QED) is 0.734. The number of likely N-dealkylation sites (N-methyl/N-ethyl adjacent to an activating group) is 1. The average molecular weight is 398 g/mol. The van der Waals surface area contributed by atoms with Crippen LogP contribution in [0.5, 0.6) is 5.75 Å².